The van der Waals surface area contributed by atoms with Gasteiger partial charge >= 0.3 is 0 Å². The van der Waals surface area contributed by atoms with Crippen LogP contribution in [0.4, 0.5) is 5.69 Å². The van der Waals surface area contributed by atoms with Gasteiger partial charge in [-0.3, -0.25) is 19.4 Å². The molecule has 9 nitrogen and oxygen atoms in total. The zero-order valence-electron chi connectivity index (χ0n) is 20.4. The number of hydrogen-bond acceptors (Lipinski definition) is 7. The fraction of sp³-hybridized carbons (Fsp3) is 0.222. The van der Waals surface area contributed by atoms with E-state index in [2.05, 4.69) is 19.6 Å². The first-order valence-electron chi connectivity index (χ1n) is 11.9. The number of pyridine rings is 2. The molecule has 3 heterocycles. The fourth-order valence-electron chi connectivity index (χ4n) is 4.44. The molecule has 0 unspecified atom stereocenters. The van der Waals surface area contributed by atoms with E-state index >= 15 is 0 Å². The van der Waals surface area contributed by atoms with E-state index in [1.165, 1.54) is 6.07 Å². The molecule has 0 atom stereocenters. The van der Waals surface area contributed by atoms with E-state index < -0.39 is 10.0 Å². The summed E-state index contributed by atoms with van der Waals surface area (Å²) in [5, 5.41) is 0.742. The van der Waals surface area contributed by atoms with Gasteiger partial charge in [0, 0.05) is 67.3 Å². The molecule has 190 valence electrons. The summed E-state index contributed by atoms with van der Waals surface area (Å²) in [5.74, 6) is 0.541. The molecule has 4 aromatic rings. The average Bonchev–Trinajstić information content (AvgIpc) is 2.93. The Morgan fingerprint density at radius 1 is 0.919 bits per heavy atom. The minimum atomic E-state index is -3.86. The Kier molecular flexibility index (Phi) is 7.02. The van der Waals surface area contributed by atoms with Crippen LogP contribution in [-0.2, 0) is 16.6 Å². The molecule has 1 aliphatic heterocycles. The van der Waals surface area contributed by atoms with E-state index in [1.807, 2.05) is 29.2 Å². The maximum Gasteiger partial charge on any atom is 0.264 e. The normalized spacial score (nSPS) is 14.5. The summed E-state index contributed by atoms with van der Waals surface area (Å²) in [5.41, 5.74) is 2.31. The fourth-order valence-corrected chi connectivity index (χ4v) is 5.68. The number of amides is 1. The highest BCUT2D eigenvalue weighted by molar-refractivity contribution is 7.93. The Balaban J connectivity index is 1.21. The number of carbonyl (C=O) groups excluding carboxylic acids is 1. The highest BCUT2D eigenvalue weighted by Crippen LogP contribution is 2.24. The van der Waals surface area contributed by atoms with Gasteiger partial charge in [-0.2, -0.15) is 0 Å². The minimum Gasteiger partial charge on any atom is -0.481 e. The Labute approximate surface area is 215 Å². The van der Waals surface area contributed by atoms with E-state index in [0.29, 0.717) is 42.3 Å². The van der Waals surface area contributed by atoms with Crippen molar-refractivity contribution >= 4 is 32.5 Å². The molecule has 0 radical (unpaired) electrons. The summed E-state index contributed by atoms with van der Waals surface area (Å²) < 4.78 is 34.0. The number of carbonyl (C=O) groups is 1. The molecule has 37 heavy (non-hydrogen) atoms. The first kappa shape index (κ1) is 24.7. The molecule has 1 N–H and O–H groups in total. The number of ether oxygens (including phenoxy) is 1. The van der Waals surface area contributed by atoms with Crippen LogP contribution in [0.25, 0.3) is 10.9 Å². The second kappa shape index (κ2) is 10.5. The van der Waals surface area contributed by atoms with Crippen molar-refractivity contribution in [2.45, 2.75) is 11.4 Å². The largest absolute Gasteiger partial charge is 0.481 e. The lowest BCUT2D eigenvalue weighted by atomic mass is 10.1. The summed E-state index contributed by atoms with van der Waals surface area (Å²) in [6.07, 6.45) is 3.27. The molecule has 2 aromatic heterocycles. The third kappa shape index (κ3) is 5.40. The van der Waals surface area contributed by atoms with Crippen molar-refractivity contribution in [1.82, 2.24) is 19.8 Å². The Morgan fingerprint density at radius 2 is 1.62 bits per heavy atom. The van der Waals surface area contributed by atoms with Crippen molar-refractivity contribution in [2.75, 3.05) is 38.0 Å². The number of methoxy groups -OCH3 is 1. The van der Waals surface area contributed by atoms with Gasteiger partial charge in [0.05, 0.1) is 12.6 Å². The number of anilines is 1. The molecule has 2 aromatic carbocycles. The quantitative estimate of drug-likeness (QED) is 0.401. The number of hydrogen-bond donors (Lipinski definition) is 1. The molecule has 1 fully saturated rings. The number of piperazine rings is 1. The highest BCUT2D eigenvalue weighted by atomic mass is 32.2. The van der Waals surface area contributed by atoms with Crippen molar-refractivity contribution in [1.29, 1.82) is 0 Å². The first-order chi connectivity index (χ1) is 17.9. The second-order valence-electron chi connectivity index (χ2n) is 8.75. The predicted octanol–water partition coefficient (Wildman–Crippen LogP) is 3.40. The van der Waals surface area contributed by atoms with Crippen molar-refractivity contribution in [3.63, 3.8) is 0 Å². The smallest absolute Gasteiger partial charge is 0.264 e. The molecule has 0 spiro atoms. The van der Waals surface area contributed by atoms with Gasteiger partial charge in [-0.05, 0) is 42.5 Å². The van der Waals surface area contributed by atoms with Crippen molar-refractivity contribution in [3.05, 3.63) is 90.3 Å². The number of para-hydroxylation sites is 1. The number of nitrogens with one attached hydrogen (secondary N) is 1. The molecule has 10 heteroatoms. The number of benzene rings is 2. The SMILES string of the molecule is COc1ncccc1CN1CCN(C(=O)c2ccc(NS(=O)(=O)c3cccc4cccnc34)cc2)CC1. The third-order valence-electron chi connectivity index (χ3n) is 6.37. The highest BCUT2D eigenvalue weighted by Gasteiger charge is 2.23. The van der Waals surface area contributed by atoms with Crippen LogP contribution >= 0.6 is 0 Å². The van der Waals surface area contributed by atoms with Crippen LogP contribution in [-0.4, -0.2) is 67.4 Å². The molecule has 1 amide bonds. The standard InChI is InChI=1S/C27H27N5O4S/c1-36-26-22(7-4-14-29-26)19-31-15-17-32(18-16-31)27(33)21-9-11-23(12-10-21)30-37(34,35)24-8-2-5-20-6-3-13-28-25(20)24/h2-14,30H,15-19H2,1H3. The van der Waals surface area contributed by atoms with Crippen LogP contribution in [0, 0.1) is 0 Å². The van der Waals surface area contributed by atoms with E-state index in [-0.39, 0.29) is 10.8 Å². The van der Waals surface area contributed by atoms with Gasteiger partial charge in [0.15, 0.2) is 0 Å². The number of aromatic nitrogens is 2. The summed E-state index contributed by atoms with van der Waals surface area (Å²) >= 11 is 0. The van der Waals surface area contributed by atoms with E-state index in [0.717, 1.165) is 24.0 Å². The number of fused-ring (bicyclic) bond motifs is 1. The molecule has 1 aliphatic rings. The zero-order chi connectivity index (χ0) is 25.8. The van der Waals surface area contributed by atoms with Gasteiger partial charge < -0.3 is 9.64 Å². The summed E-state index contributed by atoms with van der Waals surface area (Å²) in [7, 11) is -2.25. The number of rotatable bonds is 7. The topological polar surface area (TPSA) is 105 Å². The predicted molar refractivity (Wildman–Crippen MR) is 141 cm³/mol. The van der Waals surface area contributed by atoms with Crippen LogP contribution in [0.15, 0.2) is 84.0 Å². The van der Waals surface area contributed by atoms with Gasteiger partial charge in [0.1, 0.15) is 4.90 Å². The Morgan fingerprint density at radius 3 is 2.38 bits per heavy atom. The lowest BCUT2D eigenvalue weighted by molar-refractivity contribution is 0.0627. The van der Waals surface area contributed by atoms with Crippen molar-refractivity contribution in [2.24, 2.45) is 0 Å². The maximum absolute atomic E-state index is 13.1. The lowest BCUT2D eigenvalue weighted by Gasteiger charge is -2.35. The summed E-state index contributed by atoms with van der Waals surface area (Å²) in [6.45, 7) is 3.38. The molecule has 0 bridgehead atoms. The van der Waals surface area contributed by atoms with E-state index in [4.69, 9.17) is 4.74 Å². The molecule has 0 saturated carbocycles. The Bertz CT molecular complexity index is 1510. The minimum absolute atomic E-state index is 0.0775. The van der Waals surface area contributed by atoms with Crippen molar-refractivity contribution < 1.29 is 17.9 Å². The van der Waals surface area contributed by atoms with Gasteiger partial charge in [0.25, 0.3) is 15.9 Å². The number of nitrogens with zero attached hydrogens (tertiary/aromatic N) is 4. The molecule has 5 rings (SSSR count). The van der Waals surface area contributed by atoms with Crippen LogP contribution in [0.2, 0.25) is 0 Å². The molecule has 1 saturated heterocycles. The van der Waals surface area contributed by atoms with Crippen molar-refractivity contribution in [3.8, 4) is 5.88 Å². The monoisotopic (exact) mass is 517 g/mol. The van der Waals surface area contributed by atoms with Crippen LogP contribution in [0.1, 0.15) is 15.9 Å². The molecular formula is C27H27N5O4S. The third-order valence-corrected chi connectivity index (χ3v) is 7.78. The van der Waals surface area contributed by atoms with E-state index in [9.17, 15) is 13.2 Å². The molecule has 0 aliphatic carbocycles. The van der Waals surface area contributed by atoms with Crippen LogP contribution in [0.5, 0.6) is 5.88 Å². The second-order valence-corrected chi connectivity index (χ2v) is 10.4. The maximum atomic E-state index is 13.1. The summed E-state index contributed by atoms with van der Waals surface area (Å²) in [6, 6.07) is 19.0. The van der Waals surface area contributed by atoms with E-state index in [1.54, 1.807) is 55.9 Å². The van der Waals surface area contributed by atoms with Gasteiger partial charge in [-0.25, -0.2) is 13.4 Å². The lowest BCUT2D eigenvalue weighted by Crippen LogP contribution is -2.48. The average molecular weight is 518 g/mol. The van der Waals surface area contributed by atoms with Crippen LogP contribution in [0.3, 0.4) is 0 Å². The van der Waals surface area contributed by atoms with Gasteiger partial charge in [0.2, 0.25) is 5.88 Å². The summed E-state index contributed by atoms with van der Waals surface area (Å²) in [4.78, 5) is 25.7. The Hall–Kier alpha value is -4.02. The molecular weight excluding hydrogens is 490 g/mol. The number of sulfonamides is 1. The van der Waals surface area contributed by atoms with Gasteiger partial charge in [-0.1, -0.05) is 24.3 Å². The van der Waals surface area contributed by atoms with Crippen LogP contribution < -0.4 is 9.46 Å². The zero-order valence-corrected chi connectivity index (χ0v) is 21.2. The first-order valence-corrected chi connectivity index (χ1v) is 13.4. The van der Waals surface area contributed by atoms with Gasteiger partial charge in [-0.15, -0.1) is 0 Å².